The molecule has 0 bridgehead atoms. The fourth-order valence-corrected chi connectivity index (χ4v) is 5.39. The third-order valence-electron chi connectivity index (χ3n) is 7.37. The van der Waals surface area contributed by atoms with E-state index in [0.717, 1.165) is 37.9 Å². The number of likely N-dealkylation sites (tertiary alicyclic amines) is 1. The summed E-state index contributed by atoms with van der Waals surface area (Å²) in [5.41, 5.74) is 0.831. The van der Waals surface area contributed by atoms with E-state index in [9.17, 15) is 14.4 Å². The van der Waals surface area contributed by atoms with E-state index in [2.05, 4.69) is 36.3 Å². The van der Waals surface area contributed by atoms with Crippen molar-refractivity contribution in [2.45, 2.75) is 64.8 Å². The van der Waals surface area contributed by atoms with E-state index >= 15 is 0 Å². The third-order valence-corrected chi connectivity index (χ3v) is 7.37. The van der Waals surface area contributed by atoms with Crippen molar-refractivity contribution in [3.05, 3.63) is 64.1 Å². The lowest BCUT2D eigenvalue weighted by molar-refractivity contribution is -0.135. The van der Waals surface area contributed by atoms with Gasteiger partial charge in [0, 0.05) is 30.9 Å². The number of aromatic amines is 1. The van der Waals surface area contributed by atoms with Crippen molar-refractivity contribution in [2.75, 3.05) is 19.7 Å². The summed E-state index contributed by atoms with van der Waals surface area (Å²) in [7, 11) is 0. The minimum Gasteiger partial charge on any atom is -0.491 e. The Kier molecular flexibility index (Phi) is 7.93. The number of nitrogens with zero attached hydrogens (tertiary/aromatic N) is 1. The number of ether oxygens (including phenoxy) is 1. The van der Waals surface area contributed by atoms with E-state index in [0.29, 0.717) is 44.0 Å². The van der Waals surface area contributed by atoms with Gasteiger partial charge in [0.2, 0.25) is 11.5 Å². The fourth-order valence-electron chi connectivity index (χ4n) is 5.39. The second kappa shape index (κ2) is 11.1. The quantitative estimate of drug-likeness (QED) is 0.698. The first-order chi connectivity index (χ1) is 16.9. The van der Waals surface area contributed by atoms with E-state index < -0.39 is 5.41 Å². The predicted octanol–water partition coefficient (Wildman–Crippen LogP) is 3.93. The Morgan fingerprint density at radius 3 is 2.63 bits per heavy atom. The molecular weight excluding hydrogens is 442 g/mol. The van der Waals surface area contributed by atoms with Crippen LogP contribution in [0.2, 0.25) is 0 Å². The number of para-hydroxylation sites is 1. The molecule has 1 fully saturated rings. The molecule has 0 saturated carbocycles. The molecule has 2 aromatic rings. The first kappa shape index (κ1) is 25.0. The number of rotatable bonds is 3. The molecule has 7 nitrogen and oxygen atoms in total. The van der Waals surface area contributed by atoms with Crippen molar-refractivity contribution in [3.63, 3.8) is 0 Å². The third kappa shape index (κ3) is 6.13. The molecule has 3 heterocycles. The van der Waals surface area contributed by atoms with Crippen molar-refractivity contribution >= 4 is 11.8 Å². The van der Waals surface area contributed by atoms with Gasteiger partial charge in [-0.15, -0.1) is 0 Å². The first-order valence-corrected chi connectivity index (χ1v) is 12.9. The smallest absolute Gasteiger partial charge is 0.254 e. The van der Waals surface area contributed by atoms with Gasteiger partial charge in [0.15, 0.2) is 0 Å². The zero-order chi connectivity index (χ0) is 24.8. The summed E-state index contributed by atoms with van der Waals surface area (Å²) in [6.07, 6.45) is 7.25. The summed E-state index contributed by atoms with van der Waals surface area (Å²) in [5, 5.41) is 3.33. The lowest BCUT2D eigenvalue weighted by Gasteiger charge is -2.42. The van der Waals surface area contributed by atoms with Crippen LogP contribution in [0.5, 0.6) is 5.75 Å². The number of fused-ring (bicyclic) bond motifs is 1. The zero-order valence-electron chi connectivity index (χ0n) is 20.8. The predicted molar refractivity (Wildman–Crippen MR) is 136 cm³/mol. The van der Waals surface area contributed by atoms with Crippen LogP contribution in [0, 0.1) is 11.3 Å². The van der Waals surface area contributed by atoms with Gasteiger partial charge in [-0.2, -0.15) is 0 Å². The van der Waals surface area contributed by atoms with Gasteiger partial charge in [-0.1, -0.05) is 38.5 Å². The number of H-pyrrole nitrogens is 1. The highest BCUT2D eigenvalue weighted by Crippen LogP contribution is 2.38. The number of hydrogen-bond acceptors (Lipinski definition) is 4. The van der Waals surface area contributed by atoms with E-state index in [4.69, 9.17) is 4.74 Å². The SMILES string of the molecule is CC(C)C[C@H]1COc2ccccc2CCCCC2(CCN(C(=O)c3cc[nH]c(=O)c3)CC2)C(=O)N1. The molecule has 35 heavy (non-hydrogen) atoms. The summed E-state index contributed by atoms with van der Waals surface area (Å²) < 4.78 is 6.21. The largest absolute Gasteiger partial charge is 0.491 e. The van der Waals surface area contributed by atoms with Gasteiger partial charge < -0.3 is 19.9 Å². The van der Waals surface area contributed by atoms with Crippen molar-refractivity contribution in [3.8, 4) is 5.75 Å². The molecule has 0 radical (unpaired) electrons. The average molecular weight is 480 g/mol. The van der Waals surface area contributed by atoms with Crippen LogP contribution < -0.4 is 15.6 Å². The Morgan fingerprint density at radius 2 is 1.89 bits per heavy atom. The van der Waals surface area contributed by atoms with Crippen LogP contribution in [0.3, 0.4) is 0 Å². The number of aromatic nitrogens is 1. The van der Waals surface area contributed by atoms with Gasteiger partial charge in [-0.05, 0) is 62.1 Å². The highest BCUT2D eigenvalue weighted by atomic mass is 16.5. The maximum absolute atomic E-state index is 13.7. The molecular formula is C28H37N3O4. The lowest BCUT2D eigenvalue weighted by atomic mass is 9.73. The Labute approximate surface area is 207 Å². The monoisotopic (exact) mass is 479 g/mol. The van der Waals surface area contributed by atoms with E-state index in [1.165, 1.54) is 17.8 Å². The Bertz CT molecular complexity index is 1090. The van der Waals surface area contributed by atoms with Gasteiger partial charge in [0.05, 0.1) is 11.5 Å². The Balaban J connectivity index is 1.50. The molecule has 1 aromatic heterocycles. The van der Waals surface area contributed by atoms with E-state index in [1.807, 2.05) is 12.1 Å². The number of benzene rings is 1. The van der Waals surface area contributed by atoms with Gasteiger partial charge in [-0.3, -0.25) is 14.4 Å². The van der Waals surface area contributed by atoms with Gasteiger partial charge >= 0.3 is 0 Å². The molecule has 1 saturated heterocycles. The Hall–Kier alpha value is -3.09. The van der Waals surface area contributed by atoms with Crippen LogP contribution in [0.25, 0.3) is 0 Å². The topological polar surface area (TPSA) is 91.5 Å². The second-order valence-electron chi connectivity index (χ2n) is 10.4. The Morgan fingerprint density at radius 1 is 1.11 bits per heavy atom. The summed E-state index contributed by atoms with van der Waals surface area (Å²) in [6, 6.07) is 11.1. The van der Waals surface area contributed by atoms with Crippen LogP contribution >= 0.6 is 0 Å². The molecule has 188 valence electrons. The van der Waals surface area contributed by atoms with E-state index in [-0.39, 0.29) is 23.4 Å². The van der Waals surface area contributed by atoms with Crippen LogP contribution in [-0.4, -0.2) is 47.4 Å². The minimum atomic E-state index is -0.487. The molecule has 2 aliphatic heterocycles. The molecule has 0 aliphatic carbocycles. The lowest BCUT2D eigenvalue weighted by Crippen LogP contribution is -2.53. The molecule has 4 rings (SSSR count). The molecule has 2 N–H and O–H groups in total. The average Bonchev–Trinajstić information content (AvgIpc) is 2.84. The number of carbonyl (C=O) groups is 2. The normalized spacial score (nSPS) is 20.8. The van der Waals surface area contributed by atoms with Gasteiger partial charge in [-0.25, -0.2) is 0 Å². The summed E-state index contributed by atoms with van der Waals surface area (Å²) in [4.78, 5) is 42.6. The van der Waals surface area contributed by atoms with Crippen LogP contribution in [0.4, 0.5) is 0 Å². The molecule has 1 aromatic carbocycles. The van der Waals surface area contributed by atoms with Crippen LogP contribution in [0.15, 0.2) is 47.4 Å². The summed E-state index contributed by atoms with van der Waals surface area (Å²) >= 11 is 0. The maximum Gasteiger partial charge on any atom is 0.254 e. The minimum absolute atomic E-state index is 0.0671. The summed E-state index contributed by atoms with van der Waals surface area (Å²) in [5.74, 6) is 1.28. The van der Waals surface area contributed by atoms with Crippen molar-refractivity contribution in [1.29, 1.82) is 0 Å². The van der Waals surface area contributed by atoms with E-state index in [1.54, 1.807) is 11.0 Å². The first-order valence-electron chi connectivity index (χ1n) is 12.9. The number of carbonyl (C=O) groups excluding carboxylic acids is 2. The van der Waals surface area contributed by atoms with Gasteiger partial charge in [0.1, 0.15) is 12.4 Å². The highest BCUT2D eigenvalue weighted by Gasteiger charge is 2.42. The van der Waals surface area contributed by atoms with Crippen molar-refractivity contribution < 1.29 is 14.3 Å². The number of amides is 2. The maximum atomic E-state index is 13.7. The van der Waals surface area contributed by atoms with Gasteiger partial charge in [0.25, 0.3) is 5.91 Å². The second-order valence-corrected chi connectivity index (χ2v) is 10.4. The van der Waals surface area contributed by atoms with Crippen molar-refractivity contribution in [1.82, 2.24) is 15.2 Å². The van der Waals surface area contributed by atoms with Crippen LogP contribution in [0.1, 0.15) is 68.3 Å². The molecule has 2 amide bonds. The molecule has 2 aliphatic rings. The van der Waals surface area contributed by atoms with Crippen LogP contribution in [-0.2, 0) is 11.2 Å². The zero-order valence-corrected chi connectivity index (χ0v) is 20.8. The number of pyridine rings is 1. The standard InChI is InChI=1S/C28H37N3O4/c1-20(2)17-23-19-35-24-9-4-3-7-21(24)8-5-6-11-28(27(34)30-23)12-15-31(16-13-28)26(33)22-10-14-29-25(32)18-22/h3-4,7,9-10,14,18,20,23H,5-6,8,11-13,15-17,19H2,1-2H3,(H,29,32)(H,30,34)/t23-/m0/s1. The number of nitrogens with one attached hydrogen (secondary N) is 2. The molecule has 0 unspecified atom stereocenters. The fraction of sp³-hybridized carbons (Fsp3) is 0.536. The molecule has 1 atom stereocenters. The summed E-state index contributed by atoms with van der Waals surface area (Å²) in [6.45, 7) is 5.78. The highest BCUT2D eigenvalue weighted by molar-refractivity contribution is 5.94. The molecule has 7 heteroatoms. The van der Waals surface area contributed by atoms with Crippen molar-refractivity contribution in [2.24, 2.45) is 11.3 Å². The number of aryl methyl sites for hydroxylation is 1. The number of piperidine rings is 1. The number of hydrogen-bond donors (Lipinski definition) is 2. The molecule has 1 spiro atoms.